The molecule has 0 spiro atoms. The van der Waals surface area contributed by atoms with Gasteiger partial charge in [-0.2, -0.15) is 0 Å². The van der Waals surface area contributed by atoms with Crippen molar-refractivity contribution in [2.45, 2.75) is 4.90 Å². The number of hydrogen-bond acceptors (Lipinski definition) is 1. The Bertz CT molecular complexity index is 1210. The first-order valence-corrected chi connectivity index (χ1v) is 10.4. The number of rotatable bonds is 3. The summed E-state index contributed by atoms with van der Waals surface area (Å²) in [7, 11) is -2.90. The molecule has 0 aliphatic rings. The summed E-state index contributed by atoms with van der Waals surface area (Å²) in [5, 5.41) is 0.866. The van der Waals surface area contributed by atoms with Crippen molar-refractivity contribution >= 4 is 42.4 Å². The molecule has 0 aliphatic heterocycles. The summed E-state index contributed by atoms with van der Waals surface area (Å²) >= 11 is 3.46. The fourth-order valence-electron chi connectivity index (χ4n) is 3.07. The molecule has 2 nitrogen and oxygen atoms in total. The second kappa shape index (κ2) is 6.41. The number of nitrogens with zero attached hydrogens (tertiary/aromatic N) is 1. The molecule has 130 valence electrons. The maximum absolute atomic E-state index is 14.5. The van der Waals surface area contributed by atoms with E-state index >= 15 is 0 Å². The molecule has 1 unspecified atom stereocenters. The zero-order valence-electron chi connectivity index (χ0n) is 13.7. The van der Waals surface area contributed by atoms with Crippen LogP contribution in [0.5, 0.6) is 0 Å². The molecule has 0 fully saturated rings. The molecule has 0 amide bonds. The third-order valence-electron chi connectivity index (χ3n) is 4.28. The Balaban J connectivity index is 2.11. The van der Waals surface area contributed by atoms with Gasteiger partial charge in [0.2, 0.25) is 0 Å². The first kappa shape index (κ1) is 17.1. The largest absolute Gasteiger partial charge is 0.263 e. The van der Waals surface area contributed by atoms with E-state index in [2.05, 4.69) is 21.8 Å². The number of benzene rings is 3. The predicted molar refractivity (Wildman–Crippen MR) is 110 cm³/mol. The van der Waals surface area contributed by atoms with Crippen LogP contribution in [0.15, 0.2) is 88.2 Å². The molecule has 0 saturated carbocycles. The molecule has 0 N–H and O–H groups in total. The Morgan fingerprint density at radius 1 is 0.923 bits per heavy atom. The van der Waals surface area contributed by atoms with Gasteiger partial charge in [0.15, 0.2) is 0 Å². The average molecular weight is 428 g/mol. The van der Waals surface area contributed by atoms with Gasteiger partial charge < -0.3 is 0 Å². The Kier molecular flexibility index (Phi) is 4.21. The maximum atomic E-state index is 14.5. The molecule has 0 radical (unpaired) electrons. The molecule has 0 bridgehead atoms. The van der Waals surface area contributed by atoms with Crippen molar-refractivity contribution < 1.29 is 8.60 Å². The lowest BCUT2D eigenvalue weighted by molar-refractivity contribution is 0.630. The summed E-state index contributed by atoms with van der Waals surface area (Å²) in [6, 6.07) is 23.1. The van der Waals surface area contributed by atoms with Gasteiger partial charge in [-0.15, -0.1) is 0 Å². The highest BCUT2D eigenvalue weighted by atomic mass is 79.9. The zero-order valence-corrected chi connectivity index (χ0v) is 16.1. The smallest absolute Gasteiger partial charge is 0.132 e. The van der Waals surface area contributed by atoms with Gasteiger partial charge in [-0.25, -0.2) is 8.60 Å². The van der Waals surface area contributed by atoms with E-state index in [1.807, 2.05) is 42.5 Å². The first-order valence-electron chi connectivity index (χ1n) is 7.97. The molecule has 26 heavy (non-hydrogen) atoms. The normalized spacial score (nSPS) is 13.6. The predicted octanol–water partition coefficient (Wildman–Crippen LogP) is 5.75. The van der Waals surface area contributed by atoms with Crippen LogP contribution in [-0.2, 0) is 9.71 Å². The fraction of sp³-hybridized carbons (Fsp3) is 0. The Hall–Kier alpha value is -2.37. The van der Waals surface area contributed by atoms with Crippen LogP contribution in [0, 0.1) is 5.82 Å². The van der Waals surface area contributed by atoms with Gasteiger partial charge in [0, 0.05) is 20.3 Å². The highest BCUT2D eigenvalue weighted by Gasteiger charge is 2.21. The number of hydrogen-bond donors (Lipinski definition) is 0. The summed E-state index contributed by atoms with van der Waals surface area (Å²) in [4.78, 5) is 0.595. The van der Waals surface area contributed by atoms with Gasteiger partial charge >= 0.3 is 0 Å². The van der Waals surface area contributed by atoms with E-state index < -0.39 is 9.71 Å². The molecule has 1 aromatic heterocycles. The molecule has 1 atom stereocenters. The topological polar surface area (TPSA) is 22.0 Å². The summed E-state index contributed by atoms with van der Waals surface area (Å²) < 4.78 is 30.8. The van der Waals surface area contributed by atoms with Gasteiger partial charge in [0.05, 0.1) is 20.9 Å². The van der Waals surface area contributed by atoms with E-state index in [0.717, 1.165) is 15.4 Å². The minimum atomic E-state index is -2.90. The van der Waals surface area contributed by atoms with Crippen molar-refractivity contribution in [3.05, 3.63) is 89.2 Å². The van der Waals surface area contributed by atoms with Crippen molar-refractivity contribution in [3.63, 3.8) is 0 Å². The van der Waals surface area contributed by atoms with Crippen molar-refractivity contribution in [1.29, 1.82) is 0 Å². The quantitative estimate of drug-likeness (QED) is 0.381. The fourth-order valence-corrected chi connectivity index (χ4v) is 5.20. The van der Waals surface area contributed by atoms with Crippen LogP contribution < -0.4 is 0 Å². The number of aromatic nitrogens is 1. The van der Waals surface area contributed by atoms with Crippen molar-refractivity contribution in [2.75, 3.05) is 0 Å². The lowest BCUT2D eigenvalue weighted by Crippen LogP contribution is -2.14. The summed E-state index contributed by atoms with van der Waals surface area (Å²) in [6.07, 6.45) is 0. The van der Waals surface area contributed by atoms with Crippen molar-refractivity contribution in [1.82, 2.24) is 3.97 Å². The van der Waals surface area contributed by atoms with E-state index in [9.17, 15) is 8.60 Å². The highest BCUT2D eigenvalue weighted by Crippen LogP contribution is 2.34. The van der Waals surface area contributed by atoms with Crippen LogP contribution in [0.2, 0.25) is 0 Å². The number of fused-ring (bicyclic) bond motifs is 1. The Labute approximate surface area is 160 Å². The van der Waals surface area contributed by atoms with Gasteiger partial charge in [-0.3, -0.25) is 3.97 Å². The van der Waals surface area contributed by atoms with Crippen LogP contribution in [0.1, 0.15) is 0 Å². The van der Waals surface area contributed by atoms with Crippen LogP contribution in [0.4, 0.5) is 4.39 Å². The Morgan fingerprint density at radius 3 is 2.35 bits per heavy atom. The first-order chi connectivity index (χ1) is 12.5. The van der Waals surface area contributed by atoms with Crippen LogP contribution in [0.25, 0.3) is 22.2 Å². The van der Waals surface area contributed by atoms with Gasteiger partial charge in [-0.1, -0.05) is 46.3 Å². The lowest BCUT2D eigenvalue weighted by atomic mass is 10.1. The summed E-state index contributed by atoms with van der Waals surface area (Å²) in [6.45, 7) is 0. The van der Waals surface area contributed by atoms with Crippen LogP contribution >= 0.6 is 15.9 Å². The van der Waals surface area contributed by atoms with E-state index in [1.165, 1.54) is 6.07 Å². The summed E-state index contributed by atoms with van der Waals surface area (Å²) in [5.74, 6) is 3.67. The number of halogens is 2. The molecule has 3 aromatic carbocycles. The van der Waals surface area contributed by atoms with E-state index in [1.54, 1.807) is 34.3 Å². The molecule has 0 saturated heterocycles. The van der Waals surface area contributed by atoms with E-state index in [4.69, 9.17) is 0 Å². The molecule has 5 heteroatoms. The second-order valence-corrected chi connectivity index (χ2v) is 8.99. The van der Waals surface area contributed by atoms with Gasteiger partial charge in [-0.05, 0) is 54.4 Å². The standard InChI is InChI=1S/C21H15BrFNOS/c1-26(25,17-7-3-2-4-8-17)24-20-12-11-16(22)13-15(20)14-21(24)18-9-5-6-10-19(18)23/h2-14H,1H2. The highest BCUT2D eigenvalue weighted by molar-refractivity contribution is 9.10. The van der Waals surface area contributed by atoms with E-state index in [-0.39, 0.29) is 5.82 Å². The Morgan fingerprint density at radius 2 is 1.62 bits per heavy atom. The molecule has 1 heterocycles. The monoisotopic (exact) mass is 427 g/mol. The zero-order chi connectivity index (χ0) is 18.3. The van der Waals surface area contributed by atoms with Crippen molar-refractivity contribution in [2.24, 2.45) is 0 Å². The third-order valence-corrected chi connectivity index (χ3v) is 6.76. The summed E-state index contributed by atoms with van der Waals surface area (Å²) in [5.41, 5.74) is 1.68. The minimum Gasteiger partial charge on any atom is -0.263 e. The average Bonchev–Trinajstić information content (AvgIpc) is 3.01. The SMILES string of the molecule is C=S(=O)(c1ccccc1)n1c(-c2ccccc2F)cc2cc(Br)ccc21. The molecule has 4 rings (SSSR count). The van der Waals surface area contributed by atoms with Crippen LogP contribution in [0.3, 0.4) is 0 Å². The second-order valence-electron chi connectivity index (χ2n) is 5.96. The van der Waals surface area contributed by atoms with Crippen molar-refractivity contribution in [3.8, 4) is 11.3 Å². The minimum absolute atomic E-state index is 0.362. The van der Waals surface area contributed by atoms with Gasteiger partial charge in [0.25, 0.3) is 0 Å². The molecular weight excluding hydrogens is 413 g/mol. The van der Waals surface area contributed by atoms with Crippen LogP contribution in [-0.4, -0.2) is 14.1 Å². The van der Waals surface area contributed by atoms with Gasteiger partial charge in [0.1, 0.15) is 5.82 Å². The third kappa shape index (κ3) is 2.77. The molecule has 0 aliphatic carbocycles. The molecular formula is C21H15BrFNOS. The lowest BCUT2D eigenvalue weighted by Gasteiger charge is -2.17. The van der Waals surface area contributed by atoms with E-state index in [0.29, 0.717) is 16.2 Å². The maximum Gasteiger partial charge on any atom is 0.132 e. The molecule has 4 aromatic rings.